The van der Waals surface area contributed by atoms with Gasteiger partial charge >= 0.3 is 6.18 Å². The number of halogens is 3. The molecule has 2 aromatic rings. The summed E-state index contributed by atoms with van der Waals surface area (Å²) in [6.07, 6.45) is -2.44. The highest BCUT2D eigenvalue weighted by Gasteiger charge is 2.30. The molecule has 0 aromatic carbocycles. The zero-order chi connectivity index (χ0) is 24.8. The van der Waals surface area contributed by atoms with Crippen molar-refractivity contribution in [3.05, 3.63) is 12.2 Å². The number of carbonyl (C=O) groups is 2. The van der Waals surface area contributed by atoms with Crippen LogP contribution in [0.1, 0.15) is 44.7 Å². The SMILES string of the molecule is CC(C)(C)OC=O.CCn1c(C(=O)NCC(F)(F)F)nc2c(OC3CCN(C)C3)ncnc21. The lowest BCUT2D eigenvalue weighted by molar-refractivity contribution is -0.138. The van der Waals surface area contributed by atoms with Crippen molar-refractivity contribution in [2.75, 3.05) is 26.7 Å². The molecule has 0 spiro atoms. The van der Waals surface area contributed by atoms with Crippen molar-refractivity contribution < 1.29 is 32.2 Å². The number of alkyl halides is 3. The number of hydrogen-bond acceptors (Lipinski definition) is 8. The van der Waals surface area contributed by atoms with Crippen LogP contribution in [0.5, 0.6) is 5.88 Å². The first kappa shape index (κ1) is 26.3. The van der Waals surface area contributed by atoms with Crippen molar-refractivity contribution in [3.8, 4) is 5.88 Å². The summed E-state index contributed by atoms with van der Waals surface area (Å²) >= 11 is 0. The first-order valence-corrected chi connectivity index (χ1v) is 10.4. The molecule has 1 aliphatic rings. The van der Waals surface area contributed by atoms with Gasteiger partial charge in [-0.2, -0.15) is 18.2 Å². The second-order valence-electron chi connectivity index (χ2n) is 8.45. The topological polar surface area (TPSA) is 111 Å². The van der Waals surface area contributed by atoms with Gasteiger partial charge < -0.3 is 24.3 Å². The Kier molecular flexibility index (Phi) is 8.58. The van der Waals surface area contributed by atoms with Crippen LogP contribution in [0.4, 0.5) is 13.2 Å². The number of aryl methyl sites for hydroxylation is 1. The molecule has 0 radical (unpaired) electrons. The first-order valence-electron chi connectivity index (χ1n) is 10.4. The monoisotopic (exact) mass is 474 g/mol. The van der Waals surface area contributed by atoms with E-state index in [0.29, 0.717) is 18.7 Å². The largest absolute Gasteiger partial charge is 0.471 e. The maximum atomic E-state index is 12.4. The van der Waals surface area contributed by atoms with Crippen molar-refractivity contribution in [1.82, 2.24) is 29.7 Å². The number of ether oxygens (including phenoxy) is 2. The summed E-state index contributed by atoms with van der Waals surface area (Å²) < 4.78 is 48.9. The minimum Gasteiger partial charge on any atom is -0.471 e. The van der Waals surface area contributed by atoms with Gasteiger partial charge in [0.2, 0.25) is 11.7 Å². The van der Waals surface area contributed by atoms with Crippen molar-refractivity contribution in [1.29, 1.82) is 0 Å². The van der Waals surface area contributed by atoms with Gasteiger partial charge in [-0.3, -0.25) is 9.59 Å². The van der Waals surface area contributed by atoms with Crippen molar-refractivity contribution in [3.63, 3.8) is 0 Å². The van der Waals surface area contributed by atoms with E-state index in [4.69, 9.17) is 4.74 Å². The fourth-order valence-corrected chi connectivity index (χ4v) is 3.03. The van der Waals surface area contributed by atoms with Crippen LogP contribution in [0.3, 0.4) is 0 Å². The third-order valence-corrected chi connectivity index (χ3v) is 4.50. The summed E-state index contributed by atoms with van der Waals surface area (Å²) in [6.45, 7) is 8.18. The molecular formula is C20H29F3N6O4. The number of hydrogen-bond donors (Lipinski definition) is 1. The summed E-state index contributed by atoms with van der Waals surface area (Å²) in [5, 5.41) is 1.83. The minimum absolute atomic E-state index is 0.0626. The summed E-state index contributed by atoms with van der Waals surface area (Å²) in [5.41, 5.74) is 0.295. The zero-order valence-electron chi connectivity index (χ0n) is 19.3. The van der Waals surface area contributed by atoms with E-state index in [1.807, 2.05) is 33.1 Å². The van der Waals surface area contributed by atoms with E-state index < -0.39 is 18.6 Å². The quantitative estimate of drug-likeness (QED) is 0.635. The summed E-state index contributed by atoms with van der Waals surface area (Å²) in [5.74, 6) is -0.846. The van der Waals surface area contributed by atoms with Gasteiger partial charge in [0.25, 0.3) is 12.4 Å². The normalized spacial score (nSPS) is 16.8. The van der Waals surface area contributed by atoms with Crippen molar-refractivity contribution in [2.45, 2.75) is 58.5 Å². The van der Waals surface area contributed by atoms with Gasteiger partial charge in [0.15, 0.2) is 11.2 Å². The molecule has 0 aliphatic carbocycles. The highest BCUT2D eigenvalue weighted by molar-refractivity contribution is 5.95. The maximum absolute atomic E-state index is 12.4. The van der Waals surface area contributed by atoms with E-state index in [1.165, 1.54) is 10.9 Å². The average molecular weight is 474 g/mol. The predicted molar refractivity (Wildman–Crippen MR) is 113 cm³/mol. The molecule has 1 atom stereocenters. The molecule has 0 bridgehead atoms. The minimum atomic E-state index is -4.50. The molecule has 1 unspecified atom stereocenters. The molecule has 3 rings (SSSR count). The number of nitrogens with one attached hydrogen (secondary N) is 1. The van der Waals surface area contributed by atoms with Crippen LogP contribution in [0.15, 0.2) is 6.33 Å². The molecule has 1 aliphatic heterocycles. The van der Waals surface area contributed by atoms with E-state index in [2.05, 4.69) is 24.6 Å². The van der Waals surface area contributed by atoms with Gasteiger partial charge in [-0.25, -0.2) is 9.97 Å². The fourth-order valence-electron chi connectivity index (χ4n) is 3.03. The summed E-state index contributed by atoms with van der Waals surface area (Å²) in [4.78, 5) is 36.2. The van der Waals surface area contributed by atoms with Crippen LogP contribution in [0.25, 0.3) is 11.2 Å². The highest BCUT2D eigenvalue weighted by Crippen LogP contribution is 2.25. The lowest BCUT2D eigenvalue weighted by Gasteiger charge is -2.14. The van der Waals surface area contributed by atoms with Crippen LogP contribution in [-0.2, 0) is 16.1 Å². The Morgan fingerprint density at radius 2 is 2.00 bits per heavy atom. The fraction of sp³-hybridized carbons (Fsp3) is 0.650. The van der Waals surface area contributed by atoms with Crippen LogP contribution in [0.2, 0.25) is 0 Å². The number of carbonyl (C=O) groups excluding carboxylic acids is 2. The number of imidazole rings is 1. The van der Waals surface area contributed by atoms with Gasteiger partial charge in [-0.05, 0) is 41.2 Å². The van der Waals surface area contributed by atoms with E-state index in [0.717, 1.165) is 19.5 Å². The Morgan fingerprint density at radius 3 is 2.48 bits per heavy atom. The molecule has 1 N–H and O–H groups in total. The van der Waals surface area contributed by atoms with Gasteiger partial charge in [-0.15, -0.1) is 0 Å². The number of aromatic nitrogens is 4. The molecule has 1 saturated heterocycles. The smallest absolute Gasteiger partial charge is 0.405 e. The molecule has 0 saturated carbocycles. The molecule has 10 nitrogen and oxygen atoms in total. The second-order valence-corrected chi connectivity index (χ2v) is 8.45. The lowest BCUT2D eigenvalue weighted by Crippen LogP contribution is -2.35. The van der Waals surface area contributed by atoms with E-state index in [-0.39, 0.29) is 28.9 Å². The molecule has 13 heteroatoms. The van der Waals surface area contributed by atoms with Gasteiger partial charge in [0, 0.05) is 19.6 Å². The van der Waals surface area contributed by atoms with Crippen LogP contribution in [0, 0.1) is 0 Å². The van der Waals surface area contributed by atoms with Gasteiger partial charge in [-0.1, -0.05) is 0 Å². The third-order valence-electron chi connectivity index (χ3n) is 4.50. The number of likely N-dealkylation sites (tertiary alicyclic amines) is 1. The number of amides is 1. The molecule has 33 heavy (non-hydrogen) atoms. The standard InChI is InChI=1S/C15H19F3N6O2.C5H10O2/c1-3-24-11-10(22-12(24)13(25)19-7-15(16,17)18)14(21-8-20-11)26-9-4-5-23(2)6-9;1-5(2,3)7-4-6/h8-9H,3-7H2,1-2H3,(H,19,25);4H,1-3H3. The van der Waals surface area contributed by atoms with E-state index in [9.17, 15) is 22.8 Å². The van der Waals surface area contributed by atoms with Crippen LogP contribution in [-0.4, -0.2) is 81.4 Å². The van der Waals surface area contributed by atoms with Crippen LogP contribution < -0.4 is 10.1 Å². The Labute approximate surface area is 189 Å². The zero-order valence-corrected chi connectivity index (χ0v) is 19.3. The van der Waals surface area contributed by atoms with Crippen molar-refractivity contribution >= 4 is 23.5 Å². The summed E-state index contributed by atoms with van der Waals surface area (Å²) in [6, 6.07) is 0. The van der Waals surface area contributed by atoms with E-state index in [1.54, 1.807) is 6.92 Å². The van der Waals surface area contributed by atoms with Gasteiger partial charge in [0.05, 0.1) is 0 Å². The molecule has 1 amide bonds. The molecule has 1 fully saturated rings. The second kappa shape index (κ2) is 10.8. The van der Waals surface area contributed by atoms with E-state index >= 15 is 0 Å². The van der Waals surface area contributed by atoms with Crippen molar-refractivity contribution in [2.24, 2.45) is 0 Å². The third kappa shape index (κ3) is 7.84. The van der Waals surface area contributed by atoms with Crippen LogP contribution >= 0.6 is 0 Å². The maximum Gasteiger partial charge on any atom is 0.405 e. The number of likely N-dealkylation sites (N-methyl/N-ethyl adjacent to an activating group) is 1. The number of rotatable bonds is 6. The molecule has 184 valence electrons. The first-order chi connectivity index (χ1) is 15.3. The average Bonchev–Trinajstić information content (AvgIpc) is 3.28. The van der Waals surface area contributed by atoms with Gasteiger partial charge in [0.1, 0.15) is 24.6 Å². The highest BCUT2D eigenvalue weighted by atomic mass is 19.4. The Balaban J connectivity index is 0.000000479. The summed E-state index contributed by atoms with van der Waals surface area (Å²) in [7, 11) is 1.98. The molecule has 3 heterocycles. The predicted octanol–water partition coefficient (Wildman–Crippen LogP) is 2.18. The Hall–Kier alpha value is -2.96. The Morgan fingerprint density at radius 1 is 1.30 bits per heavy atom. The number of nitrogens with zero attached hydrogens (tertiary/aromatic N) is 5. The Bertz CT molecular complexity index is 958. The number of fused-ring (bicyclic) bond motifs is 1. The molecule has 2 aromatic heterocycles. The lowest BCUT2D eigenvalue weighted by atomic mass is 10.2. The molecular weight excluding hydrogens is 445 g/mol.